The maximum Gasteiger partial charge on any atom is 0.573 e. The van der Waals surface area contributed by atoms with Gasteiger partial charge in [-0.3, -0.25) is 0 Å². The lowest BCUT2D eigenvalue weighted by atomic mass is 9.87. The number of allylic oxidation sites excluding steroid dienone is 2. The van der Waals surface area contributed by atoms with Crippen molar-refractivity contribution in [1.82, 2.24) is 0 Å². The molecule has 0 aromatic heterocycles. The molecule has 0 aliphatic heterocycles. The molecule has 0 radical (unpaired) electrons. The summed E-state index contributed by atoms with van der Waals surface area (Å²) in [5, 5.41) is 0. The van der Waals surface area contributed by atoms with Gasteiger partial charge in [0.15, 0.2) is 11.6 Å². The van der Waals surface area contributed by atoms with E-state index in [1.165, 1.54) is 43.4 Å². The summed E-state index contributed by atoms with van der Waals surface area (Å²) in [6.07, 6.45) is 5.60. The van der Waals surface area contributed by atoms with E-state index in [0.29, 0.717) is 12.8 Å². The predicted molar refractivity (Wildman–Crippen MR) is 107 cm³/mol. The monoisotopic (exact) mass is 424 g/mol. The second kappa shape index (κ2) is 9.63. The zero-order valence-electron chi connectivity index (χ0n) is 16.9. The Morgan fingerprint density at radius 3 is 2.37 bits per heavy atom. The third kappa shape index (κ3) is 5.83. The third-order valence-electron chi connectivity index (χ3n) is 5.39. The molecule has 0 saturated heterocycles. The van der Waals surface area contributed by atoms with Gasteiger partial charge in [-0.05, 0) is 66.6 Å². The van der Waals surface area contributed by atoms with E-state index < -0.39 is 23.7 Å². The van der Waals surface area contributed by atoms with Gasteiger partial charge in [0, 0.05) is 5.56 Å². The first-order valence-electron chi connectivity index (χ1n) is 10.3. The van der Waals surface area contributed by atoms with Crippen LogP contribution in [0.5, 0.6) is 5.75 Å². The van der Waals surface area contributed by atoms with Crippen LogP contribution in [0.15, 0.2) is 42.0 Å². The molecule has 0 heterocycles. The zero-order chi connectivity index (χ0) is 21.7. The molecule has 0 N–H and O–H groups in total. The van der Waals surface area contributed by atoms with Crippen molar-refractivity contribution in [2.75, 3.05) is 0 Å². The van der Waals surface area contributed by atoms with E-state index in [1.807, 2.05) is 0 Å². The van der Waals surface area contributed by atoms with Crippen LogP contribution in [0.25, 0.3) is 11.1 Å². The van der Waals surface area contributed by atoms with Gasteiger partial charge in [-0.2, -0.15) is 0 Å². The van der Waals surface area contributed by atoms with Crippen molar-refractivity contribution in [2.24, 2.45) is 0 Å². The molecule has 0 saturated carbocycles. The summed E-state index contributed by atoms with van der Waals surface area (Å²) in [7, 11) is 0. The fraction of sp³-hybridized carbons (Fsp3) is 0.417. The number of rotatable bonds is 8. The fourth-order valence-corrected chi connectivity index (χ4v) is 3.83. The number of ether oxygens (including phenoxy) is 1. The van der Waals surface area contributed by atoms with Crippen LogP contribution < -0.4 is 4.74 Å². The molecule has 30 heavy (non-hydrogen) atoms. The molecule has 162 valence electrons. The topological polar surface area (TPSA) is 9.23 Å². The maximum absolute atomic E-state index is 14.7. The number of hydrogen-bond acceptors (Lipinski definition) is 1. The van der Waals surface area contributed by atoms with Crippen LogP contribution in [0, 0.1) is 11.6 Å². The van der Waals surface area contributed by atoms with Crippen LogP contribution in [0.3, 0.4) is 0 Å². The summed E-state index contributed by atoms with van der Waals surface area (Å²) in [5.74, 6) is -2.63. The van der Waals surface area contributed by atoms with Crippen LogP contribution in [-0.4, -0.2) is 6.36 Å². The van der Waals surface area contributed by atoms with Crippen LogP contribution in [-0.2, 0) is 12.8 Å². The average molecular weight is 424 g/mol. The number of halogens is 5. The Balaban J connectivity index is 1.72. The van der Waals surface area contributed by atoms with Crippen molar-refractivity contribution in [3.63, 3.8) is 0 Å². The third-order valence-corrected chi connectivity index (χ3v) is 5.39. The zero-order valence-corrected chi connectivity index (χ0v) is 16.9. The van der Waals surface area contributed by atoms with Crippen LogP contribution >= 0.6 is 0 Å². The number of alkyl halides is 3. The van der Waals surface area contributed by atoms with Crippen molar-refractivity contribution in [2.45, 2.75) is 64.7 Å². The molecule has 0 amide bonds. The standard InChI is InChI=1S/C24H25F5O/c1-2-3-4-5-6-7-16-8-9-17-13-20(21(25)15-19(17)12-16)18-10-11-23(22(26)14-18)30-24(27,28)29/h8,10-11,13-15H,2-7,9,12H2,1H3. The molecule has 0 spiro atoms. The minimum Gasteiger partial charge on any atom is -0.403 e. The van der Waals surface area contributed by atoms with Crippen LogP contribution in [0.4, 0.5) is 22.0 Å². The quantitative estimate of drug-likeness (QED) is 0.238. The molecule has 2 aromatic carbocycles. The molecule has 0 bridgehead atoms. The highest BCUT2D eigenvalue weighted by molar-refractivity contribution is 5.67. The molecule has 0 fully saturated rings. The lowest BCUT2D eigenvalue weighted by Gasteiger charge is -2.19. The number of hydrogen-bond donors (Lipinski definition) is 0. The maximum atomic E-state index is 14.7. The average Bonchev–Trinajstić information content (AvgIpc) is 2.68. The highest BCUT2D eigenvalue weighted by Crippen LogP contribution is 2.34. The Hall–Kier alpha value is -2.37. The van der Waals surface area contributed by atoms with E-state index in [0.717, 1.165) is 36.1 Å². The smallest absolute Gasteiger partial charge is 0.403 e. The Labute approximate surface area is 173 Å². The first-order valence-corrected chi connectivity index (χ1v) is 10.3. The molecule has 0 unspecified atom stereocenters. The molecular formula is C24H25F5O. The van der Waals surface area contributed by atoms with E-state index in [2.05, 4.69) is 17.7 Å². The minimum atomic E-state index is -4.99. The van der Waals surface area contributed by atoms with Gasteiger partial charge in [0.25, 0.3) is 0 Å². The van der Waals surface area contributed by atoms with Gasteiger partial charge in [0.1, 0.15) is 5.82 Å². The largest absolute Gasteiger partial charge is 0.573 e. The summed E-state index contributed by atoms with van der Waals surface area (Å²) < 4.78 is 69.3. The van der Waals surface area contributed by atoms with Gasteiger partial charge in [-0.15, -0.1) is 13.2 Å². The molecule has 6 heteroatoms. The molecular weight excluding hydrogens is 399 g/mol. The number of unbranched alkanes of at least 4 members (excludes halogenated alkanes) is 4. The molecule has 0 atom stereocenters. The summed E-state index contributed by atoms with van der Waals surface area (Å²) in [6, 6.07) is 6.10. The summed E-state index contributed by atoms with van der Waals surface area (Å²) in [6.45, 7) is 2.18. The summed E-state index contributed by atoms with van der Waals surface area (Å²) >= 11 is 0. The Kier molecular flexibility index (Phi) is 7.16. The van der Waals surface area contributed by atoms with Crippen molar-refractivity contribution in [3.8, 4) is 16.9 Å². The fourth-order valence-electron chi connectivity index (χ4n) is 3.83. The Morgan fingerprint density at radius 2 is 1.67 bits per heavy atom. The molecule has 1 aliphatic rings. The first-order chi connectivity index (χ1) is 14.3. The number of benzene rings is 2. The van der Waals surface area contributed by atoms with Crippen LogP contribution in [0.2, 0.25) is 0 Å². The van der Waals surface area contributed by atoms with Crippen molar-refractivity contribution >= 4 is 0 Å². The number of fused-ring (bicyclic) bond motifs is 1. The summed E-state index contributed by atoms with van der Waals surface area (Å²) in [5.41, 5.74) is 3.53. The molecule has 1 nitrogen and oxygen atoms in total. The van der Waals surface area contributed by atoms with Gasteiger partial charge >= 0.3 is 6.36 Å². The highest BCUT2D eigenvalue weighted by Gasteiger charge is 2.32. The Morgan fingerprint density at radius 1 is 0.900 bits per heavy atom. The molecule has 3 rings (SSSR count). The van der Waals surface area contributed by atoms with Gasteiger partial charge in [-0.1, -0.05) is 50.3 Å². The molecule has 1 aliphatic carbocycles. The van der Waals surface area contributed by atoms with E-state index in [9.17, 15) is 22.0 Å². The van der Waals surface area contributed by atoms with Gasteiger partial charge < -0.3 is 4.74 Å². The van der Waals surface area contributed by atoms with Crippen molar-refractivity contribution in [1.29, 1.82) is 0 Å². The lowest BCUT2D eigenvalue weighted by molar-refractivity contribution is -0.275. The van der Waals surface area contributed by atoms with Gasteiger partial charge in [-0.25, -0.2) is 8.78 Å². The Bertz CT molecular complexity index is 915. The second-order valence-electron chi connectivity index (χ2n) is 7.70. The highest BCUT2D eigenvalue weighted by atomic mass is 19.4. The summed E-state index contributed by atoms with van der Waals surface area (Å²) in [4.78, 5) is 0. The van der Waals surface area contributed by atoms with Gasteiger partial charge in [0.2, 0.25) is 0 Å². The lowest BCUT2D eigenvalue weighted by Crippen LogP contribution is -2.17. The van der Waals surface area contributed by atoms with Crippen LogP contribution in [0.1, 0.15) is 56.6 Å². The van der Waals surface area contributed by atoms with Crippen molar-refractivity contribution < 1.29 is 26.7 Å². The predicted octanol–water partition coefficient (Wildman–Crippen LogP) is 7.92. The second-order valence-corrected chi connectivity index (χ2v) is 7.70. The SMILES string of the molecule is CCCCCCCC1=CCc2cc(-c3ccc(OC(F)(F)F)c(F)c3)c(F)cc2C1. The van der Waals surface area contributed by atoms with Gasteiger partial charge in [0.05, 0.1) is 0 Å². The molecule has 2 aromatic rings. The van der Waals surface area contributed by atoms with E-state index in [4.69, 9.17) is 0 Å². The van der Waals surface area contributed by atoms with E-state index >= 15 is 0 Å². The first kappa shape index (κ1) is 22.3. The minimum absolute atomic E-state index is 0.169. The van der Waals surface area contributed by atoms with E-state index in [-0.39, 0.29) is 11.1 Å². The normalized spacial score (nSPS) is 13.7. The van der Waals surface area contributed by atoms with Crippen molar-refractivity contribution in [3.05, 3.63) is 64.7 Å². The van der Waals surface area contributed by atoms with E-state index in [1.54, 1.807) is 6.07 Å².